The number of hydrogen-bond acceptors (Lipinski definition) is 6. The van der Waals surface area contributed by atoms with Crippen molar-refractivity contribution in [3.8, 4) is 11.3 Å². The van der Waals surface area contributed by atoms with Crippen LogP contribution in [0, 0.1) is 0 Å². The molecule has 1 fully saturated rings. The van der Waals surface area contributed by atoms with E-state index in [4.69, 9.17) is 28.2 Å². The summed E-state index contributed by atoms with van der Waals surface area (Å²) in [6.07, 6.45) is 2.98. The third-order valence-corrected chi connectivity index (χ3v) is 8.65. The van der Waals surface area contributed by atoms with E-state index in [9.17, 15) is 4.79 Å². The molecule has 1 amide bonds. The molecule has 194 valence electrons. The number of anilines is 1. The Kier molecular flexibility index (Phi) is 11.7. The van der Waals surface area contributed by atoms with Crippen LogP contribution in [0.15, 0.2) is 52.2 Å². The number of thiazole rings is 1. The highest BCUT2D eigenvalue weighted by atomic mass is 35.5. The molecule has 10 heteroatoms. The molecule has 2 heterocycles. The summed E-state index contributed by atoms with van der Waals surface area (Å²) in [6.45, 7) is 5.84. The van der Waals surface area contributed by atoms with E-state index in [1.807, 2.05) is 24.3 Å². The molecule has 0 atom stereocenters. The molecule has 5 nitrogen and oxygen atoms in total. The average Bonchev–Trinajstić information content (AvgIpc) is 3.34. The van der Waals surface area contributed by atoms with Crippen LogP contribution in [0.25, 0.3) is 11.3 Å². The van der Waals surface area contributed by atoms with Gasteiger partial charge in [-0.05, 0) is 49.1 Å². The molecule has 1 aliphatic heterocycles. The van der Waals surface area contributed by atoms with E-state index >= 15 is 0 Å². The summed E-state index contributed by atoms with van der Waals surface area (Å²) in [6, 6.07) is 14.3. The first kappa shape index (κ1) is 29.1. The number of halogens is 3. The first-order valence-electron chi connectivity index (χ1n) is 11.9. The Balaban J connectivity index is 0.00000361. The summed E-state index contributed by atoms with van der Waals surface area (Å²) >= 11 is 15.2. The van der Waals surface area contributed by atoms with Crippen LogP contribution in [0.3, 0.4) is 0 Å². The van der Waals surface area contributed by atoms with Crippen molar-refractivity contribution < 1.29 is 4.79 Å². The van der Waals surface area contributed by atoms with E-state index in [-0.39, 0.29) is 24.4 Å². The second-order valence-corrected chi connectivity index (χ2v) is 11.6. The minimum Gasteiger partial charge on any atom is -0.385 e. The van der Waals surface area contributed by atoms with Crippen LogP contribution >= 0.6 is 58.7 Å². The summed E-state index contributed by atoms with van der Waals surface area (Å²) in [5.41, 5.74) is 4.30. The van der Waals surface area contributed by atoms with Crippen LogP contribution < -0.4 is 10.6 Å². The molecule has 0 unspecified atom stereocenters. The van der Waals surface area contributed by atoms with Crippen molar-refractivity contribution in [3.05, 3.63) is 63.5 Å². The van der Waals surface area contributed by atoms with Crippen LogP contribution in [-0.4, -0.2) is 47.2 Å². The number of carbonyl (C=O) groups excluding carboxylic acids is 1. The van der Waals surface area contributed by atoms with Crippen molar-refractivity contribution in [1.82, 2.24) is 15.2 Å². The van der Waals surface area contributed by atoms with Gasteiger partial charge < -0.3 is 10.6 Å². The zero-order chi connectivity index (χ0) is 24.6. The Morgan fingerprint density at radius 1 is 1.17 bits per heavy atom. The van der Waals surface area contributed by atoms with E-state index in [0.29, 0.717) is 15.8 Å². The number of rotatable bonds is 10. The lowest BCUT2D eigenvalue weighted by molar-refractivity contribution is -0.119. The van der Waals surface area contributed by atoms with Gasteiger partial charge in [0.2, 0.25) is 5.91 Å². The number of likely N-dealkylation sites (tertiary alicyclic amines) is 1. The number of thioether (sulfide) groups is 1. The van der Waals surface area contributed by atoms with E-state index in [1.54, 1.807) is 11.3 Å². The number of piperidine rings is 1. The van der Waals surface area contributed by atoms with Gasteiger partial charge in [0.1, 0.15) is 0 Å². The minimum atomic E-state index is 0. The molecule has 4 rings (SSSR count). The van der Waals surface area contributed by atoms with Gasteiger partial charge in [-0.2, -0.15) is 0 Å². The molecule has 0 saturated carbocycles. The zero-order valence-corrected chi connectivity index (χ0v) is 24.1. The second kappa shape index (κ2) is 14.5. The van der Waals surface area contributed by atoms with Crippen LogP contribution in [0.4, 0.5) is 5.69 Å². The van der Waals surface area contributed by atoms with E-state index < -0.39 is 0 Å². The van der Waals surface area contributed by atoms with Crippen LogP contribution in [0.2, 0.25) is 10.0 Å². The van der Waals surface area contributed by atoms with Crippen molar-refractivity contribution >= 4 is 70.3 Å². The van der Waals surface area contributed by atoms with Crippen molar-refractivity contribution in [2.24, 2.45) is 0 Å². The van der Waals surface area contributed by atoms with E-state index in [0.717, 1.165) is 72.3 Å². The first-order valence-corrected chi connectivity index (χ1v) is 14.5. The average molecular weight is 586 g/mol. The van der Waals surface area contributed by atoms with Crippen molar-refractivity contribution in [3.63, 3.8) is 0 Å². The summed E-state index contributed by atoms with van der Waals surface area (Å²) in [5.74, 6) is 0.453. The molecule has 0 spiro atoms. The lowest BCUT2D eigenvalue weighted by Gasteiger charge is -2.32. The maximum Gasteiger partial charge on any atom is 0.230 e. The molecule has 1 aromatic heterocycles. The number of nitrogens with zero attached hydrogens (tertiary/aromatic N) is 2. The third-order valence-electron chi connectivity index (χ3n) is 5.89. The zero-order valence-electron chi connectivity index (χ0n) is 20.1. The van der Waals surface area contributed by atoms with Gasteiger partial charge in [-0.3, -0.25) is 9.69 Å². The highest BCUT2D eigenvalue weighted by Crippen LogP contribution is 2.29. The van der Waals surface area contributed by atoms with Gasteiger partial charge in [0.15, 0.2) is 4.34 Å². The highest BCUT2D eigenvalue weighted by Gasteiger charge is 2.21. The van der Waals surface area contributed by atoms with Gasteiger partial charge in [0.05, 0.1) is 21.5 Å². The topological polar surface area (TPSA) is 57.3 Å². The molecular formula is C26H31Cl3N4OS2. The minimum absolute atomic E-state index is 0. The predicted octanol–water partition coefficient (Wildman–Crippen LogP) is 7.23. The quantitative estimate of drug-likeness (QED) is 0.246. The highest BCUT2D eigenvalue weighted by molar-refractivity contribution is 8.01. The van der Waals surface area contributed by atoms with E-state index in [2.05, 4.69) is 46.0 Å². The number of hydrogen-bond donors (Lipinski definition) is 2. The van der Waals surface area contributed by atoms with Crippen LogP contribution in [0.5, 0.6) is 0 Å². The molecule has 1 saturated heterocycles. The summed E-state index contributed by atoms with van der Waals surface area (Å²) < 4.78 is 0.915. The number of nitrogens with one attached hydrogen (secondary N) is 2. The smallest absolute Gasteiger partial charge is 0.230 e. The third kappa shape index (κ3) is 8.54. The van der Waals surface area contributed by atoms with Gasteiger partial charge in [-0.15, -0.1) is 23.7 Å². The van der Waals surface area contributed by atoms with E-state index in [1.165, 1.54) is 11.8 Å². The SMILES string of the molecule is CCCNc1cccc(-c2csc(SCC(=O)NC3CCN(Cc4ccc(Cl)c(Cl)c4)CC3)n2)c1.Cl. The fourth-order valence-corrected chi connectivity index (χ4v) is 6.01. The maximum absolute atomic E-state index is 12.5. The molecule has 2 N–H and O–H groups in total. The summed E-state index contributed by atoms with van der Waals surface area (Å²) in [7, 11) is 0. The fourth-order valence-electron chi connectivity index (χ4n) is 4.04. The molecule has 2 aromatic carbocycles. The Labute approximate surface area is 237 Å². The fraction of sp³-hybridized carbons (Fsp3) is 0.385. The number of amides is 1. The van der Waals surface area contributed by atoms with Gasteiger partial charge in [-0.1, -0.05) is 60.1 Å². The van der Waals surface area contributed by atoms with Crippen LogP contribution in [-0.2, 0) is 11.3 Å². The maximum atomic E-state index is 12.5. The van der Waals surface area contributed by atoms with Gasteiger partial charge >= 0.3 is 0 Å². The van der Waals surface area contributed by atoms with Crippen molar-refractivity contribution in [2.45, 2.75) is 43.1 Å². The normalized spacial score (nSPS) is 14.3. The lowest BCUT2D eigenvalue weighted by atomic mass is 10.0. The molecule has 3 aromatic rings. The largest absolute Gasteiger partial charge is 0.385 e. The first-order chi connectivity index (χ1) is 17.0. The molecule has 36 heavy (non-hydrogen) atoms. The lowest BCUT2D eigenvalue weighted by Crippen LogP contribution is -2.44. The van der Waals surface area contributed by atoms with Crippen molar-refractivity contribution in [2.75, 3.05) is 30.7 Å². The number of benzene rings is 2. The Morgan fingerprint density at radius 2 is 1.97 bits per heavy atom. The number of carbonyl (C=O) groups is 1. The standard InChI is InChI=1S/C26H30Cl2N4OS2.ClH/c1-2-10-29-21-5-3-4-19(14-21)24-16-34-26(31-24)35-17-25(33)30-20-8-11-32(12-9-20)15-18-6-7-22(27)23(28)13-18;/h3-7,13-14,16,20,29H,2,8-12,15,17H2,1H3,(H,30,33);1H. The molecule has 0 radical (unpaired) electrons. The molecule has 0 aliphatic carbocycles. The predicted molar refractivity (Wildman–Crippen MR) is 157 cm³/mol. The van der Waals surface area contributed by atoms with Gasteiger partial charge in [0, 0.05) is 48.9 Å². The monoisotopic (exact) mass is 584 g/mol. The Hall–Kier alpha value is -1.48. The van der Waals surface area contributed by atoms with Gasteiger partial charge in [-0.25, -0.2) is 4.98 Å². The molecule has 0 bridgehead atoms. The summed E-state index contributed by atoms with van der Waals surface area (Å²) in [5, 5.41) is 9.84. The number of aromatic nitrogens is 1. The molecule has 1 aliphatic rings. The second-order valence-electron chi connectivity index (χ2n) is 8.66. The Bertz CT molecular complexity index is 1140. The summed E-state index contributed by atoms with van der Waals surface area (Å²) in [4.78, 5) is 19.7. The van der Waals surface area contributed by atoms with Gasteiger partial charge in [0.25, 0.3) is 0 Å². The van der Waals surface area contributed by atoms with Crippen LogP contribution in [0.1, 0.15) is 31.7 Å². The Morgan fingerprint density at radius 3 is 2.72 bits per heavy atom. The molecular weight excluding hydrogens is 555 g/mol. The van der Waals surface area contributed by atoms with Crippen molar-refractivity contribution in [1.29, 1.82) is 0 Å².